The zero-order chi connectivity index (χ0) is 21.1. The van der Waals surface area contributed by atoms with Crippen LogP contribution in [-0.4, -0.2) is 33.8 Å². The Morgan fingerprint density at radius 2 is 1.87 bits per heavy atom. The smallest absolute Gasteiger partial charge is 0.283 e. The first-order valence-corrected chi connectivity index (χ1v) is 11.6. The number of amides is 1. The van der Waals surface area contributed by atoms with Crippen LogP contribution in [0.2, 0.25) is 10.0 Å². The number of carbonyl (C=O) groups excluding carboxylic acids is 1. The van der Waals surface area contributed by atoms with Crippen molar-refractivity contribution in [3.05, 3.63) is 68.8 Å². The van der Waals surface area contributed by atoms with Crippen LogP contribution in [0.1, 0.15) is 58.8 Å². The molecule has 3 aliphatic rings. The van der Waals surface area contributed by atoms with Crippen LogP contribution in [-0.2, 0) is 6.42 Å². The summed E-state index contributed by atoms with van der Waals surface area (Å²) < 4.78 is 1.82. The summed E-state index contributed by atoms with van der Waals surface area (Å²) in [4.78, 5) is 13.2. The largest absolute Gasteiger partial charge is 0.286 e. The fraction of sp³-hybridized carbons (Fsp3) is 0.333. The molecule has 1 saturated heterocycles. The molecule has 1 aliphatic heterocycles. The number of nitrogens with zero attached hydrogens (tertiary/aromatic N) is 3. The molecule has 0 spiro atoms. The van der Waals surface area contributed by atoms with E-state index in [1.54, 1.807) is 12.1 Å². The van der Waals surface area contributed by atoms with Gasteiger partial charge in [-0.25, -0.2) is 9.69 Å². The van der Waals surface area contributed by atoms with Gasteiger partial charge < -0.3 is 0 Å². The van der Waals surface area contributed by atoms with Gasteiger partial charge in [0.15, 0.2) is 5.69 Å². The Balaban J connectivity index is 1.47. The molecule has 0 atom stereocenters. The highest BCUT2D eigenvalue weighted by atomic mass is 35.5. The van der Waals surface area contributed by atoms with Gasteiger partial charge in [0.25, 0.3) is 5.91 Å². The van der Waals surface area contributed by atoms with E-state index in [-0.39, 0.29) is 5.91 Å². The first kappa shape index (κ1) is 19.4. The van der Waals surface area contributed by atoms with Crippen LogP contribution in [0.15, 0.2) is 36.4 Å². The second-order valence-corrected chi connectivity index (χ2v) is 9.53. The summed E-state index contributed by atoms with van der Waals surface area (Å²) in [5.41, 5.74) is 9.93. The van der Waals surface area contributed by atoms with Gasteiger partial charge in [0.2, 0.25) is 0 Å². The second kappa shape index (κ2) is 7.37. The summed E-state index contributed by atoms with van der Waals surface area (Å²) in [6.45, 7) is 1.76. The molecule has 3 aromatic rings. The maximum atomic E-state index is 13.2. The monoisotopic (exact) mass is 452 g/mol. The number of halogens is 2. The van der Waals surface area contributed by atoms with Crippen molar-refractivity contribution < 1.29 is 4.79 Å². The molecule has 1 N–H and O–H groups in total. The average Bonchev–Trinajstić information content (AvgIpc) is 3.17. The van der Waals surface area contributed by atoms with Crippen molar-refractivity contribution in [2.75, 3.05) is 13.1 Å². The van der Waals surface area contributed by atoms with Crippen LogP contribution in [0.5, 0.6) is 0 Å². The molecule has 31 heavy (non-hydrogen) atoms. The highest BCUT2D eigenvalue weighted by molar-refractivity contribution is 6.35. The topological polar surface area (TPSA) is 50.2 Å². The Labute approximate surface area is 190 Å². The lowest BCUT2D eigenvalue weighted by atomic mass is 10.0. The predicted octanol–water partition coefficient (Wildman–Crippen LogP) is 5.37. The Morgan fingerprint density at radius 1 is 1.06 bits per heavy atom. The molecule has 0 bridgehead atoms. The van der Waals surface area contributed by atoms with Gasteiger partial charge in [0, 0.05) is 35.7 Å². The van der Waals surface area contributed by atoms with Gasteiger partial charge in [0.1, 0.15) is 0 Å². The van der Waals surface area contributed by atoms with E-state index in [1.165, 1.54) is 24.0 Å². The predicted molar refractivity (Wildman–Crippen MR) is 122 cm³/mol. The van der Waals surface area contributed by atoms with Crippen molar-refractivity contribution in [1.82, 2.24) is 20.2 Å². The number of fused-ring (bicyclic) bond motifs is 3. The molecular formula is C24H22Cl2N4O. The van der Waals surface area contributed by atoms with Gasteiger partial charge in [0.05, 0.1) is 16.4 Å². The van der Waals surface area contributed by atoms with Gasteiger partial charge in [-0.2, -0.15) is 5.10 Å². The maximum Gasteiger partial charge on any atom is 0.286 e. The minimum atomic E-state index is -0.155. The summed E-state index contributed by atoms with van der Waals surface area (Å²) in [5, 5.41) is 7.81. The number of nitrogens with one attached hydrogen (secondary N) is 1. The van der Waals surface area contributed by atoms with E-state index in [0.717, 1.165) is 48.4 Å². The molecule has 158 valence electrons. The Kier molecular flexibility index (Phi) is 4.60. The van der Waals surface area contributed by atoms with E-state index >= 15 is 0 Å². The SMILES string of the molecule is O=C(NN1CCCC1)c1nn(-c2ccc(Cl)cc2Cl)c2c1Cc1cc(C3CC3)ccc1-2. The third-order valence-corrected chi connectivity index (χ3v) is 7.04. The number of hydrazine groups is 1. The fourth-order valence-corrected chi connectivity index (χ4v) is 5.27. The molecule has 2 fully saturated rings. The Morgan fingerprint density at radius 3 is 2.61 bits per heavy atom. The molecule has 1 aromatic heterocycles. The van der Waals surface area contributed by atoms with Crippen molar-refractivity contribution in [2.45, 2.75) is 38.0 Å². The van der Waals surface area contributed by atoms with Crippen molar-refractivity contribution >= 4 is 29.1 Å². The molecule has 2 heterocycles. The molecule has 7 heteroatoms. The Bertz CT molecular complexity index is 1210. The lowest BCUT2D eigenvalue weighted by molar-refractivity contribution is 0.0819. The van der Waals surface area contributed by atoms with E-state index in [2.05, 4.69) is 23.6 Å². The zero-order valence-corrected chi connectivity index (χ0v) is 18.5. The van der Waals surface area contributed by atoms with E-state index in [1.807, 2.05) is 15.8 Å². The number of benzene rings is 2. The molecule has 2 aromatic carbocycles. The quantitative estimate of drug-likeness (QED) is 0.452. The summed E-state index contributed by atoms with van der Waals surface area (Å²) in [7, 11) is 0. The van der Waals surface area contributed by atoms with Crippen LogP contribution >= 0.6 is 23.2 Å². The van der Waals surface area contributed by atoms with Gasteiger partial charge in [-0.1, -0.05) is 41.4 Å². The van der Waals surface area contributed by atoms with E-state index < -0.39 is 0 Å². The number of carbonyl (C=O) groups is 1. The normalized spacial score (nSPS) is 17.6. The third-order valence-electron chi connectivity index (χ3n) is 6.50. The van der Waals surface area contributed by atoms with Crippen LogP contribution in [0.3, 0.4) is 0 Å². The van der Waals surface area contributed by atoms with E-state index in [4.69, 9.17) is 28.3 Å². The molecular weight excluding hydrogens is 431 g/mol. The van der Waals surface area contributed by atoms with Gasteiger partial charge in [-0.05, 0) is 60.9 Å². The standard InChI is InChI=1S/C24H22Cl2N4O/c25-17-6-8-21(20(26)13-17)30-23-18-7-5-15(14-3-4-14)11-16(18)12-19(23)22(27-30)24(31)28-29-9-1-2-10-29/h5-8,11,13-14H,1-4,9-10,12H2,(H,28,31). The van der Waals surface area contributed by atoms with Gasteiger partial charge in [-0.3, -0.25) is 10.2 Å². The Hall–Kier alpha value is -2.34. The highest BCUT2D eigenvalue weighted by Crippen LogP contribution is 2.45. The van der Waals surface area contributed by atoms with Gasteiger partial charge in [-0.15, -0.1) is 0 Å². The number of hydrogen-bond donors (Lipinski definition) is 1. The fourth-order valence-electron chi connectivity index (χ4n) is 4.78. The minimum Gasteiger partial charge on any atom is -0.283 e. The van der Waals surface area contributed by atoms with Crippen LogP contribution < -0.4 is 5.43 Å². The highest BCUT2D eigenvalue weighted by Gasteiger charge is 2.33. The molecule has 5 nitrogen and oxygen atoms in total. The zero-order valence-electron chi connectivity index (χ0n) is 17.0. The first-order valence-electron chi connectivity index (χ1n) is 10.8. The maximum absolute atomic E-state index is 13.2. The van der Waals surface area contributed by atoms with Crippen molar-refractivity contribution in [3.63, 3.8) is 0 Å². The number of rotatable bonds is 4. The second-order valence-electron chi connectivity index (χ2n) is 8.69. The molecule has 1 saturated carbocycles. The molecule has 6 rings (SSSR count). The molecule has 1 amide bonds. The van der Waals surface area contributed by atoms with E-state index in [0.29, 0.717) is 28.1 Å². The van der Waals surface area contributed by atoms with Crippen molar-refractivity contribution in [3.8, 4) is 16.9 Å². The lowest BCUT2D eigenvalue weighted by Crippen LogP contribution is -2.40. The number of aromatic nitrogens is 2. The summed E-state index contributed by atoms with van der Waals surface area (Å²) >= 11 is 12.7. The molecule has 0 radical (unpaired) electrons. The lowest BCUT2D eigenvalue weighted by Gasteiger charge is -2.15. The summed E-state index contributed by atoms with van der Waals surface area (Å²) in [6.07, 6.45) is 5.44. The van der Waals surface area contributed by atoms with Crippen molar-refractivity contribution in [1.29, 1.82) is 0 Å². The number of hydrogen-bond acceptors (Lipinski definition) is 3. The van der Waals surface area contributed by atoms with Gasteiger partial charge >= 0.3 is 0 Å². The van der Waals surface area contributed by atoms with Crippen LogP contribution in [0.4, 0.5) is 0 Å². The molecule has 0 unspecified atom stereocenters. The van der Waals surface area contributed by atoms with Crippen molar-refractivity contribution in [2.24, 2.45) is 0 Å². The van der Waals surface area contributed by atoms with E-state index in [9.17, 15) is 4.79 Å². The third kappa shape index (κ3) is 3.36. The average molecular weight is 453 g/mol. The summed E-state index contributed by atoms with van der Waals surface area (Å²) in [5.74, 6) is 0.534. The minimum absolute atomic E-state index is 0.155. The summed E-state index contributed by atoms with van der Waals surface area (Å²) in [6, 6.07) is 12.1. The van der Waals surface area contributed by atoms with Crippen LogP contribution in [0, 0.1) is 0 Å². The van der Waals surface area contributed by atoms with Crippen LogP contribution in [0.25, 0.3) is 16.9 Å². The first-order chi connectivity index (χ1) is 15.1. The molecule has 2 aliphatic carbocycles.